The van der Waals surface area contributed by atoms with Gasteiger partial charge in [-0.2, -0.15) is 0 Å². The van der Waals surface area contributed by atoms with Crippen molar-refractivity contribution in [3.8, 4) is 0 Å². The third kappa shape index (κ3) is 8.66. The van der Waals surface area contributed by atoms with Crippen LogP contribution < -0.4 is 0 Å². The summed E-state index contributed by atoms with van der Waals surface area (Å²) in [6.45, 7) is 17.2. The molecule has 28 heavy (non-hydrogen) atoms. The molecule has 166 valence electrons. The summed E-state index contributed by atoms with van der Waals surface area (Å²) < 4.78 is 11.3. The van der Waals surface area contributed by atoms with Gasteiger partial charge >= 0.3 is 0 Å². The van der Waals surface area contributed by atoms with Crippen molar-refractivity contribution in [2.45, 2.75) is 83.9 Å². The van der Waals surface area contributed by atoms with E-state index in [0.29, 0.717) is 12.1 Å². The van der Waals surface area contributed by atoms with Crippen LogP contribution in [0.3, 0.4) is 0 Å². The van der Waals surface area contributed by atoms with Crippen LogP contribution in [0.5, 0.6) is 0 Å². The Bertz CT molecular complexity index is 380. The number of nitrogens with zero attached hydrogens (tertiary/aromatic N) is 3. The van der Waals surface area contributed by atoms with Gasteiger partial charge in [0, 0.05) is 58.5 Å². The molecule has 1 heterocycles. The van der Waals surface area contributed by atoms with E-state index in [2.05, 4.69) is 35.5 Å². The molecule has 0 N–H and O–H groups in total. The zero-order valence-electron chi connectivity index (χ0n) is 19.2. The van der Waals surface area contributed by atoms with Gasteiger partial charge in [-0.05, 0) is 59.0 Å². The van der Waals surface area contributed by atoms with E-state index in [1.165, 1.54) is 84.2 Å². The summed E-state index contributed by atoms with van der Waals surface area (Å²) in [7, 11) is 1.84. The third-order valence-electron chi connectivity index (χ3n) is 6.55. The molecule has 0 atom stereocenters. The molecule has 1 saturated heterocycles. The first kappa shape index (κ1) is 24.1. The lowest BCUT2D eigenvalue weighted by molar-refractivity contribution is -0.0370. The van der Waals surface area contributed by atoms with Crippen LogP contribution in [0.15, 0.2) is 0 Å². The molecule has 1 aliphatic carbocycles. The highest BCUT2D eigenvalue weighted by atomic mass is 16.5. The topological polar surface area (TPSA) is 28.2 Å². The van der Waals surface area contributed by atoms with Gasteiger partial charge in [-0.3, -0.25) is 9.80 Å². The molecular formula is C23H47N3O2. The number of ether oxygens (including phenoxy) is 2. The first-order valence-corrected chi connectivity index (χ1v) is 11.9. The maximum absolute atomic E-state index is 5.89. The van der Waals surface area contributed by atoms with Crippen molar-refractivity contribution in [3.05, 3.63) is 0 Å². The van der Waals surface area contributed by atoms with E-state index in [-0.39, 0.29) is 0 Å². The maximum atomic E-state index is 5.89. The Morgan fingerprint density at radius 2 is 1.54 bits per heavy atom. The fraction of sp³-hybridized carbons (Fsp3) is 1.00. The maximum Gasteiger partial charge on any atom is 0.0601 e. The molecule has 5 nitrogen and oxygen atoms in total. The van der Waals surface area contributed by atoms with Crippen molar-refractivity contribution >= 4 is 0 Å². The zero-order chi connectivity index (χ0) is 20.2. The zero-order valence-corrected chi connectivity index (χ0v) is 19.2. The van der Waals surface area contributed by atoms with Crippen molar-refractivity contribution < 1.29 is 9.47 Å². The lowest BCUT2D eigenvalue weighted by Crippen LogP contribution is -2.50. The van der Waals surface area contributed by atoms with Crippen LogP contribution in [0.2, 0.25) is 0 Å². The van der Waals surface area contributed by atoms with Crippen LogP contribution in [0.25, 0.3) is 0 Å². The van der Waals surface area contributed by atoms with Crippen LogP contribution in [-0.4, -0.2) is 99.0 Å². The molecule has 2 aliphatic rings. The van der Waals surface area contributed by atoms with E-state index < -0.39 is 0 Å². The van der Waals surface area contributed by atoms with Gasteiger partial charge in [0.15, 0.2) is 0 Å². The first-order valence-electron chi connectivity index (χ1n) is 11.9. The highest BCUT2D eigenvalue weighted by Crippen LogP contribution is 2.29. The molecule has 0 unspecified atom stereocenters. The number of hydrogen-bond acceptors (Lipinski definition) is 5. The molecule has 1 saturated carbocycles. The molecular weight excluding hydrogens is 350 g/mol. The summed E-state index contributed by atoms with van der Waals surface area (Å²) in [6.07, 6.45) is 9.36. The molecule has 0 aromatic heterocycles. The van der Waals surface area contributed by atoms with Gasteiger partial charge in [0.2, 0.25) is 0 Å². The van der Waals surface area contributed by atoms with Crippen LogP contribution in [0, 0.1) is 0 Å². The van der Waals surface area contributed by atoms with Crippen LogP contribution in [0.1, 0.15) is 65.7 Å². The van der Waals surface area contributed by atoms with E-state index in [0.717, 1.165) is 25.8 Å². The number of methoxy groups -OCH3 is 1. The summed E-state index contributed by atoms with van der Waals surface area (Å²) in [4.78, 5) is 7.83. The van der Waals surface area contributed by atoms with Gasteiger partial charge in [0.05, 0.1) is 12.7 Å². The quantitative estimate of drug-likeness (QED) is 0.395. The minimum Gasteiger partial charge on any atom is -0.381 e. The lowest BCUT2D eigenvalue weighted by atomic mass is 9.87. The Hall–Kier alpha value is -0.200. The molecule has 0 radical (unpaired) electrons. The Morgan fingerprint density at radius 1 is 0.893 bits per heavy atom. The fourth-order valence-electron chi connectivity index (χ4n) is 4.56. The second-order valence-corrected chi connectivity index (χ2v) is 9.02. The SMILES string of the molecule is CCCN1CCN(CCOCCCCCCN(C(C)C)[C@H]2C[C@H](OC)C2)CC1. The molecule has 5 heteroatoms. The highest BCUT2D eigenvalue weighted by Gasteiger charge is 2.34. The summed E-state index contributed by atoms with van der Waals surface area (Å²) >= 11 is 0. The summed E-state index contributed by atoms with van der Waals surface area (Å²) in [6, 6.07) is 1.40. The average Bonchev–Trinajstić information content (AvgIpc) is 2.65. The molecule has 0 spiro atoms. The highest BCUT2D eigenvalue weighted by molar-refractivity contribution is 4.89. The minimum atomic E-state index is 0.503. The molecule has 2 rings (SSSR count). The Labute approximate surface area is 174 Å². The first-order chi connectivity index (χ1) is 13.6. The lowest BCUT2D eigenvalue weighted by Gasteiger charge is -2.44. The van der Waals surface area contributed by atoms with Crippen molar-refractivity contribution in [2.24, 2.45) is 0 Å². The van der Waals surface area contributed by atoms with E-state index in [9.17, 15) is 0 Å². The van der Waals surface area contributed by atoms with Crippen LogP contribution in [0.4, 0.5) is 0 Å². The predicted molar refractivity (Wildman–Crippen MR) is 118 cm³/mol. The third-order valence-corrected chi connectivity index (χ3v) is 6.55. The smallest absolute Gasteiger partial charge is 0.0601 e. The van der Waals surface area contributed by atoms with Crippen molar-refractivity contribution in [3.63, 3.8) is 0 Å². The van der Waals surface area contributed by atoms with Crippen LogP contribution in [-0.2, 0) is 9.47 Å². The van der Waals surface area contributed by atoms with E-state index in [1.807, 2.05) is 7.11 Å². The molecule has 1 aliphatic heterocycles. The second-order valence-electron chi connectivity index (χ2n) is 9.02. The number of piperazine rings is 1. The fourth-order valence-corrected chi connectivity index (χ4v) is 4.56. The van der Waals surface area contributed by atoms with Crippen molar-refractivity contribution in [1.29, 1.82) is 0 Å². The molecule has 2 fully saturated rings. The van der Waals surface area contributed by atoms with Gasteiger partial charge in [-0.25, -0.2) is 0 Å². The summed E-state index contributed by atoms with van der Waals surface area (Å²) in [5.74, 6) is 0. The van der Waals surface area contributed by atoms with Crippen molar-refractivity contribution in [2.75, 3.05) is 66.1 Å². The van der Waals surface area contributed by atoms with E-state index in [4.69, 9.17) is 9.47 Å². The Morgan fingerprint density at radius 3 is 2.14 bits per heavy atom. The molecule has 0 aromatic carbocycles. The molecule has 0 aromatic rings. The van der Waals surface area contributed by atoms with Crippen LogP contribution >= 0.6 is 0 Å². The normalized spacial score (nSPS) is 24.2. The molecule has 0 bridgehead atoms. The number of hydrogen-bond donors (Lipinski definition) is 0. The average molecular weight is 398 g/mol. The van der Waals surface area contributed by atoms with Gasteiger partial charge < -0.3 is 14.4 Å². The van der Waals surface area contributed by atoms with E-state index >= 15 is 0 Å². The number of unbranched alkanes of at least 4 members (excludes halogenated alkanes) is 3. The largest absolute Gasteiger partial charge is 0.381 e. The van der Waals surface area contributed by atoms with Gasteiger partial charge in [-0.15, -0.1) is 0 Å². The monoisotopic (exact) mass is 397 g/mol. The standard InChI is InChI=1S/C23H47N3O2/c1-5-10-24-12-14-25(15-13-24)16-18-28-17-9-7-6-8-11-26(21(2)3)22-19-23(20-22)27-4/h21-23H,5-20H2,1-4H3/t22-,23-. The number of rotatable bonds is 15. The van der Waals surface area contributed by atoms with Gasteiger partial charge in [0.25, 0.3) is 0 Å². The minimum absolute atomic E-state index is 0.503. The summed E-state index contributed by atoms with van der Waals surface area (Å²) in [5.41, 5.74) is 0. The Balaban J connectivity index is 1.39. The van der Waals surface area contributed by atoms with Crippen molar-refractivity contribution in [1.82, 2.24) is 14.7 Å². The summed E-state index contributed by atoms with van der Waals surface area (Å²) in [5, 5.41) is 0. The Kier molecular flexibility index (Phi) is 12.0. The predicted octanol–water partition coefficient (Wildman–Crippen LogP) is 3.48. The second kappa shape index (κ2) is 13.9. The van der Waals surface area contributed by atoms with Gasteiger partial charge in [0.1, 0.15) is 0 Å². The van der Waals surface area contributed by atoms with Gasteiger partial charge in [-0.1, -0.05) is 19.8 Å². The van der Waals surface area contributed by atoms with E-state index in [1.54, 1.807) is 0 Å². The molecule has 0 amide bonds.